The van der Waals surface area contributed by atoms with Crippen LogP contribution in [0.5, 0.6) is 0 Å². The number of carbonyl (C=O) groups is 1. The quantitative estimate of drug-likeness (QED) is 0.870. The lowest BCUT2D eigenvalue weighted by molar-refractivity contribution is 0.0782. The van der Waals surface area contributed by atoms with Gasteiger partial charge in [0.1, 0.15) is 5.82 Å². The predicted octanol–water partition coefficient (Wildman–Crippen LogP) is 2.79. The number of benzene rings is 1. The van der Waals surface area contributed by atoms with E-state index in [-0.39, 0.29) is 11.5 Å². The first-order valence-electron chi connectivity index (χ1n) is 8.07. The summed E-state index contributed by atoms with van der Waals surface area (Å²) in [6.07, 6.45) is 3.86. The van der Waals surface area contributed by atoms with Crippen molar-refractivity contribution in [1.82, 2.24) is 15.0 Å². The first-order valence-corrected chi connectivity index (χ1v) is 8.07. The summed E-state index contributed by atoms with van der Waals surface area (Å²) >= 11 is 0. The minimum atomic E-state index is -0.465. The lowest BCUT2D eigenvalue weighted by Crippen LogP contribution is -2.29. The Labute approximate surface area is 133 Å². The third-order valence-electron chi connectivity index (χ3n) is 4.56. The summed E-state index contributed by atoms with van der Waals surface area (Å²) in [4.78, 5) is 18.6. The molecule has 1 atom stereocenters. The average molecular weight is 315 g/mol. The molecule has 1 aliphatic heterocycles. The molecule has 2 heterocycles. The molecule has 1 aromatic carbocycles. The smallest absolute Gasteiger partial charge is 0.256 e. The number of nitrogens with zero attached hydrogens (tertiary/aromatic N) is 3. The van der Waals surface area contributed by atoms with Gasteiger partial charge in [0.15, 0.2) is 5.82 Å². The molecule has 0 bridgehead atoms. The highest BCUT2D eigenvalue weighted by Crippen LogP contribution is 2.39. The first-order chi connectivity index (χ1) is 11.2. The van der Waals surface area contributed by atoms with Gasteiger partial charge >= 0.3 is 0 Å². The summed E-state index contributed by atoms with van der Waals surface area (Å²) < 4.78 is 19.0. The molecule has 4 rings (SSSR count). The lowest BCUT2D eigenvalue weighted by Gasteiger charge is -2.16. The normalized spacial score (nSPS) is 20.9. The van der Waals surface area contributed by atoms with Crippen LogP contribution in [0, 0.1) is 11.7 Å². The maximum absolute atomic E-state index is 13.7. The molecule has 2 aliphatic rings. The molecule has 0 N–H and O–H groups in total. The van der Waals surface area contributed by atoms with Crippen LogP contribution < -0.4 is 0 Å². The van der Waals surface area contributed by atoms with E-state index < -0.39 is 5.82 Å². The highest BCUT2D eigenvalue weighted by Gasteiger charge is 2.32. The first kappa shape index (κ1) is 14.4. The molecule has 5 nitrogen and oxygen atoms in total. The molecule has 23 heavy (non-hydrogen) atoms. The number of rotatable bonds is 4. The van der Waals surface area contributed by atoms with E-state index in [2.05, 4.69) is 10.1 Å². The van der Waals surface area contributed by atoms with Gasteiger partial charge in [0.2, 0.25) is 5.89 Å². The van der Waals surface area contributed by atoms with Gasteiger partial charge in [0, 0.05) is 25.4 Å². The van der Waals surface area contributed by atoms with Crippen molar-refractivity contribution in [2.45, 2.75) is 31.6 Å². The molecule has 1 saturated heterocycles. The largest absolute Gasteiger partial charge is 0.339 e. The number of likely N-dealkylation sites (tertiary alicyclic amines) is 1. The minimum Gasteiger partial charge on any atom is -0.339 e. The SMILES string of the molecule is O=C(c1ccccc1F)N1CCC(Cc2noc(C3CC3)n2)C1. The standard InChI is InChI=1S/C17H18FN3O2/c18-14-4-2-1-3-13(14)17(22)21-8-7-11(10-21)9-15-19-16(23-20-15)12-5-6-12/h1-4,11-12H,5-10H2. The van der Waals surface area contributed by atoms with E-state index in [1.54, 1.807) is 17.0 Å². The molecule has 1 aliphatic carbocycles. The number of aromatic nitrogens is 2. The van der Waals surface area contributed by atoms with Crippen LogP contribution in [-0.2, 0) is 6.42 Å². The van der Waals surface area contributed by atoms with Gasteiger partial charge in [0.05, 0.1) is 5.56 Å². The van der Waals surface area contributed by atoms with Gasteiger partial charge < -0.3 is 9.42 Å². The molecule has 120 valence electrons. The second-order valence-electron chi connectivity index (χ2n) is 6.41. The van der Waals surface area contributed by atoms with Crippen molar-refractivity contribution < 1.29 is 13.7 Å². The third kappa shape index (κ3) is 2.98. The Kier molecular flexibility index (Phi) is 3.59. The second kappa shape index (κ2) is 5.76. The Morgan fingerprint density at radius 2 is 2.13 bits per heavy atom. The van der Waals surface area contributed by atoms with E-state index in [1.807, 2.05) is 0 Å². The Balaban J connectivity index is 1.38. The van der Waals surface area contributed by atoms with Crippen LogP contribution in [0.25, 0.3) is 0 Å². The molecule has 1 amide bonds. The number of carbonyl (C=O) groups excluding carboxylic acids is 1. The zero-order valence-corrected chi connectivity index (χ0v) is 12.7. The fourth-order valence-corrected chi connectivity index (χ4v) is 3.09. The Bertz CT molecular complexity index is 726. The summed E-state index contributed by atoms with van der Waals surface area (Å²) in [6.45, 7) is 1.26. The summed E-state index contributed by atoms with van der Waals surface area (Å²) in [5.74, 6) is 1.52. The van der Waals surface area contributed by atoms with Crippen LogP contribution in [-0.4, -0.2) is 34.0 Å². The maximum Gasteiger partial charge on any atom is 0.256 e. The van der Waals surface area contributed by atoms with Gasteiger partial charge in [-0.3, -0.25) is 4.79 Å². The maximum atomic E-state index is 13.7. The van der Waals surface area contributed by atoms with E-state index >= 15 is 0 Å². The number of hydrogen-bond donors (Lipinski definition) is 0. The van der Waals surface area contributed by atoms with Crippen molar-refractivity contribution in [2.24, 2.45) is 5.92 Å². The van der Waals surface area contributed by atoms with Crippen molar-refractivity contribution in [3.8, 4) is 0 Å². The fourth-order valence-electron chi connectivity index (χ4n) is 3.09. The average Bonchev–Trinajstić information content (AvgIpc) is 3.12. The van der Waals surface area contributed by atoms with Crippen LogP contribution in [0.3, 0.4) is 0 Å². The Morgan fingerprint density at radius 1 is 1.30 bits per heavy atom. The fraction of sp³-hybridized carbons (Fsp3) is 0.471. The molecule has 1 unspecified atom stereocenters. The Hall–Kier alpha value is -2.24. The van der Waals surface area contributed by atoms with E-state index in [0.717, 1.165) is 31.0 Å². The molecule has 6 heteroatoms. The monoisotopic (exact) mass is 315 g/mol. The minimum absolute atomic E-state index is 0.142. The summed E-state index contributed by atoms with van der Waals surface area (Å²) in [7, 11) is 0. The van der Waals surface area contributed by atoms with Crippen LogP contribution in [0.1, 0.15) is 47.3 Å². The molecular weight excluding hydrogens is 297 g/mol. The molecule has 0 radical (unpaired) electrons. The Morgan fingerprint density at radius 3 is 2.91 bits per heavy atom. The van der Waals surface area contributed by atoms with E-state index in [4.69, 9.17) is 4.52 Å². The van der Waals surface area contributed by atoms with Gasteiger partial charge in [-0.2, -0.15) is 4.98 Å². The van der Waals surface area contributed by atoms with E-state index in [0.29, 0.717) is 31.3 Å². The predicted molar refractivity (Wildman–Crippen MR) is 80.4 cm³/mol. The zero-order chi connectivity index (χ0) is 15.8. The molecule has 2 fully saturated rings. The van der Waals surface area contributed by atoms with Crippen LogP contribution in [0.2, 0.25) is 0 Å². The zero-order valence-electron chi connectivity index (χ0n) is 12.7. The van der Waals surface area contributed by atoms with Gasteiger partial charge in [0.25, 0.3) is 5.91 Å². The second-order valence-corrected chi connectivity index (χ2v) is 6.41. The third-order valence-corrected chi connectivity index (χ3v) is 4.56. The highest BCUT2D eigenvalue weighted by molar-refractivity contribution is 5.94. The van der Waals surface area contributed by atoms with Crippen molar-refractivity contribution in [3.05, 3.63) is 47.4 Å². The molecular formula is C17H18FN3O2. The highest BCUT2D eigenvalue weighted by atomic mass is 19.1. The molecule has 2 aromatic rings. The van der Waals surface area contributed by atoms with Gasteiger partial charge in [-0.15, -0.1) is 0 Å². The van der Waals surface area contributed by atoms with Crippen molar-refractivity contribution in [3.63, 3.8) is 0 Å². The molecule has 0 spiro atoms. The van der Waals surface area contributed by atoms with Crippen molar-refractivity contribution in [2.75, 3.05) is 13.1 Å². The summed E-state index contributed by atoms with van der Waals surface area (Å²) in [5.41, 5.74) is 0.142. The number of halogens is 1. The van der Waals surface area contributed by atoms with Crippen LogP contribution in [0.15, 0.2) is 28.8 Å². The molecule has 1 aromatic heterocycles. The summed E-state index contributed by atoms with van der Waals surface area (Å²) in [5, 5.41) is 4.03. The number of amides is 1. The number of hydrogen-bond acceptors (Lipinski definition) is 4. The van der Waals surface area contributed by atoms with E-state index in [9.17, 15) is 9.18 Å². The van der Waals surface area contributed by atoms with Gasteiger partial charge in [-0.05, 0) is 37.3 Å². The van der Waals surface area contributed by atoms with Gasteiger partial charge in [-0.25, -0.2) is 4.39 Å². The topological polar surface area (TPSA) is 59.2 Å². The van der Waals surface area contributed by atoms with Crippen LogP contribution in [0.4, 0.5) is 4.39 Å². The van der Waals surface area contributed by atoms with Crippen molar-refractivity contribution in [1.29, 1.82) is 0 Å². The van der Waals surface area contributed by atoms with Gasteiger partial charge in [-0.1, -0.05) is 17.3 Å². The van der Waals surface area contributed by atoms with Crippen LogP contribution >= 0.6 is 0 Å². The lowest BCUT2D eigenvalue weighted by atomic mass is 10.0. The summed E-state index contributed by atoms with van der Waals surface area (Å²) in [6, 6.07) is 6.13. The van der Waals surface area contributed by atoms with E-state index in [1.165, 1.54) is 12.1 Å². The van der Waals surface area contributed by atoms with Crippen molar-refractivity contribution >= 4 is 5.91 Å². The molecule has 1 saturated carbocycles.